The molecule has 0 spiro atoms. The van der Waals surface area contributed by atoms with Crippen molar-refractivity contribution in [1.29, 1.82) is 0 Å². The summed E-state index contributed by atoms with van der Waals surface area (Å²) in [7, 11) is 0. The molecule has 0 aromatic heterocycles. The molecule has 0 atom stereocenters. The Morgan fingerprint density at radius 2 is 1.00 bits per heavy atom. The SMILES string of the molecule is CC(=O)[S-].CC(=O)[S-].[SnH2+2]. The van der Waals surface area contributed by atoms with Crippen LogP contribution in [0, 0.1) is 0 Å². The first kappa shape index (κ1) is 16.3. The van der Waals surface area contributed by atoms with E-state index in [-0.39, 0.29) is 34.1 Å². The Morgan fingerprint density at radius 3 is 1.00 bits per heavy atom. The molecule has 0 amide bonds. The predicted molar refractivity (Wildman–Crippen MR) is 44.6 cm³/mol. The number of carbonyl (C=O) groups excluding carboxylic acids is 2. The van der Waals surface area contributed by atoms with E-state index in [0.29, 0.717) is 0 Å². The molecular weight excluding hydrogens is 263 g/mol. The number of hydrogen-bond donors (Lipinski definition) is 0. The van der Waals surface area contributed by atoms with Crippen LogP contribution in [0.3, 0.4) is 0 Å². The molecule has 0 bridgehead atoms. The molecule has 0 heterocycles. The first-order chi connectivity index (χ1) is 3.46. The maximum atomic E-state index is 9.26. The van der Waals surface area contributed by atoms with Crippen LogP contribution in [-0.2, 0) is 34.8 Å². The van der Waals surface area contributed by atoms with Crippen molar-refractivity contribution in [2.24, 2.45) is 0 Å². The monoisotopic (exact) mass is 272 g/mol. The fourth-order valence-corrected chi connectivity index (χ4v) is 0. The van der Waals surface area contributed by atoms with E-state index in [4.69, 9.17) is 0 Å². The van der Waals surface area contributed by atoms with Gasteiger partial charge >= 0.3 is 23.9 Å². The molecule has 0 fully saturated rings. The van der Waals surface area contributed by atoms with Crippen LogP contribution in [0.1, 0.15) is 13.8 Å². The Morgan fingerprint density at radius 1 is 1.00 bits per heavy atom. The third-order valence-corrected chi connectivity index (χ3v) is 0. The van der Waals surface area contributed by atoms with Crippen LogP contribution in [0.5, 0.6) is 0 Å². The average Bonchev–Trinajstić information content (AvgIpc) is 1.25. The zero-order chi connectivity index (χ0) is 7.15. The van der Waals surface area contributed by atoms with Crippen LogP contribution in [0.25, 0.3) is 0 Å². The van der Waals surface area contributed by atoms with Gasteiger partial charge in [0.05, 0.1) is 0 Å². The van der Waals surface area contributed by atoms with Gasteiger partial charge in [-0.05, 0) is 13.8 Å². The number of carbonyl (C=O) groups is 2. The summed E-state index contributed by atoms with van der Waals surface area (Å²) in [6.07, 6.45) is 0. The average molecular weight is 271 g/mol. The molecule has 0 unspecified atom stereocenters. The van der Waals surface area contributed by atoms with Gasteiger partial charge in [0.25, 0.3) is 0 Å². The molecule has 0 rings (SSSR count). The maximum absolute atomic E-state index is 9.26. The molecule has 0 aliphatic heterocycles. The molecule has 5 heteroatoms. The van der Waals surface area contributed by atoms with Crippen LogP contribution in [0.2, 0.25) is 0 Å². The van der Waals surface area contributed by atoms with E-state index in [9.17, 15) is 9.59 Å². The Kier molecular flexibility index (Phi) is 20.6. The van der Waals surface area contributed by atoms with E-state index < -0.39 is 0 Å². The molecule has 52 valence electrons. The molecule has 0 N–H and O–H groups in total. The summed E-state index contributed by atoms with van der Waals surface area (Å²) in [6, 6.07) is 0. The quantitative estimate of drug-likeness (QED) is 0.428. The Balaban J connectivity index is -0.0000000720. The molecule has 0 aliphatic carbocycles. The molecule has 0 aromatic carbocycles. The van der Waals surface area contributed by atoms with Gasteiger partial charge in [0.1, 0.15) is 0 Å². The molecule has 0 saturated carbocycles. The van der Waals surface area contributed by atoms with Crippen LogP contribution < -0.4 is 0 Å². The van der Waals surface area contributed by atoms with E-state index in [1.165, 1.54) is 13.8 Å². The standard InChI is InChI=1S/2C2H4OS.Sn.2H/c2*1-2(3)4;;;/h2*1H3,(H,3,4);;;/q;;+2;;/p-2. The van der Waals surface area contributed by atoms with Crippen LogP contribution in [-0.4, -0.2) is 34.1 Å². The van der Waals surface area contributed by atoms with Crippen molar-refractivity contribution in [3.05, 3.63) is 0 Å². The van der Waals surface area contributed by atoms with Gasteiger partial charge in [0.2, 0.25) is 0 Å². The van der Waals surface area contributed by atoms with Crippen molar-refractivity contribution >= 4 is 59.4 Å². The van der Waals surface area contributed by atoms with Gasteiger partial charge in [-0.1, -0.05) is 0 Å². The van der Waals surface area contributed by atoms with E-state index >= 15 is 0 Å². The predicted octanol–water partition coefficient (Wildman–Crippen LogP) is -0.757. The molecule has 0 saturated heterocycles. The van der Waals surface area contributed by atoms with E-state index in [2.05, 4.69) is 25.3 Å². The van der Waals surface area contributed by atoms with E-state index in [1.54, 1.807) is 0 Å². The van der Waals surface area contributed by atoms with Gasteiger partial charge in [-0.25, -0.2) is 0 Å². The summed E-state index contributed by atoms with van der Waals surface area (Å²) in [6.45, 7) is 2.69. The van der Waals surface area contributed by atoms with E-state index in [1.807, 2.05) is 0 Å². The van der Waals surface area contributed by atoms with E-state index in [0.717, 1.165) is 0 Å². The van der Waals surface area contributed by atoms with Crippen molar-refractivity contribution in [3.8, 4) is 0 Å². The zero-order valence-corrected chi connectivity index (χ0v) is 11.0. The summed E-state index contributed by atoms with van der Waals surface area (Å²) in [5.74, 6) is 0. The minimum absolute atomic E-state index is 0. The summed E-state index contributed by atoms with van der Waals surface area (Å²) in [4.78, 5) is 18.5. The summed E-state index contributed by atoms with van der Waals surface area (Å²) in [5.41, 5.74) is 0. The first-order valence-corrected chi connectivity index (χ1v) is 2.63. The molecule has 0 radical (unpaired) electrons. The normalized spacial score (nSPS) is 5.56. The second-order valence-electron chi connectivity index (χ2n) is 0.983. The second kappa shape index (κ2) is 11.4. The topological polar surface area (TPSA) is 34.1 Å². The molecule has 0 aromatic rings. The van der Waals surface area contributed by atoms with Crippen molar-refractivity contribution in [3.63, 3.8) is 0 Å². The van der Waals surface area contributed by atoms with Gasteiger partial charge < -0.3 is 34.8 Å². The minimum atomic E-state index is -0.250. The van der Waals surface area contributed by atoms with Gasteiger partial charge in [0, 0.05) is 10.2 Å². The Hall–Kier alpha value is 0.579. The summed E-state index contributed by atoms with van der Waals surface area (Å²) in [5, 5.41) is -0.500. The molecule has 2 nitrogen and oxygen atoms in total. The van der Waals surface area contributed by atoms with Crippen LogP contribution in [0.15, 0.2) is 0 Å². The fourth-order valence-electron chi connectivity index (χ4n) is 0. The fraction of sp³-hybridized carbons (Fsp3) is 0.500. The van der Waals surface area contributed by atoms with Crippen molar-refractivity contribution in [2.75, 3.05) is 0 Å². The molecule has 0 aliphatic rings. The van der Waals surface area contributed by atoms with Crippen LogP contribution >= 0.6 is 0 Å². The summed E-state index contributed by atoms with van der Waals surface area (Å²) < 4.78 is 0. The third-order valence-electron chi connectivity index (χ3n) is 0. The molecular formula is C4H8O2S2Sn. The molecule has 9 heavy (non-hydrogen) atoms. The van der Waals surface area contributed by atoms with Gasteiger partial charge in [-0.2, -0.15) is 0 Å². The number of rotatable bonds is 0. The Bertz CT molecular complexity index is 74.6. The van der Waals surface area contributed by atoms with Gasteiger partial charge in [-0.15, -0.1) is 0 Å². The summed E-state index contributed by atoms with van der Waals surface area (Å²) >= 11 is 7.96. The van der Waals surface area contributed by atoms with Crippen LogP contribution in [0.4, 0.5) is 0 Å². The number of hydrogen-bond acceptors (Lipinski definition) is 4. The third kappa shape index (κ3) is 1110. The second-order valence-corrected chi connectivity index (χ2v) is 2.13. The Labute approximate surface area is 82.6 Å². The van der Waals surface area contributed by atoms with Crippen molar-refractivity contribution < 1.29 is 9.59 Å². The van der Waals surface area contributed by atoms with Gasteiger partial charge in [-0.3, -0.25) is 0 Å². The van der Waals surface area contributed by atoms with Crippen molar-refractivity contribution in [1.82, 2.24) is 0 Å². The first-order valence-electron chi connectivity index (χ1n) is 1.82. The zero-order valence-electron chi connectivity index (χ0n) is 5.34. The van der Waals surface area contributed by atoms with Crippen molar-refractivity contribution in [2.45, 2.75) is 13.8 Å². The van der Waals surface area contributed by atoms with Gasteiger partial charge in [0.15, 0.2) is 0 Å².